The quantitative estimate of drug-likeness (QED) is 0.701. The van der Waals surface area contributed by atoms with Crippen LogP contribution in [0.5, 0.6) is 0 Å². The van der Waals surface area contributed by atoms with Gasteiger partial charge in [0.2, 0.25) is 5.95 Å². The van der Waals surface area contributed by atoms with Crippen LogP contribution >= 0.6 is 11.6 Å². The summed E-state index contributed by atoms with van der Waals surface area (Å²) in [5.41, 5.74) is 2.88. The van der Waals surface area contributed by atoms with Crippen LogP contribution in [0.15, 0.2) is 48.5 Å². The molecule has 2 aliphatic rings. The largest absolute Gasteiger partial charge is 0.325 e. The molecule has 2 aromatic carbocycles. The van der Waals surface area contributed by atoms with Gasteiger partial charge >= 0.3 is 6.03 Å². The number of anilines is 1. The molecule has 0 aliphatic carbocycles. The highest BCUT2D eigenvalue weighted by Crippen LogP contribution is 2.42. The Morgan fingerprint density at radius 1 is 1.07 bits per heavy atom. The Morgan fingerprint density at radius 2 is 1.80 bits per heavy atom. The molecular weight excluding hydrogens is 404 g/mol. The van der Waals surface area contributed by atoms with Gasteiger partial charge in [0, 0.05) is 19.2 Å². The van der Waals surface area contributed by atoms with E-state index in [1.165, 1.54) is 4.90 Å². The summed E-state index contributed by atoms with van der Waals surface area (Å²) in [6, 6.07) is 14.3. The van der Waals surface area contributed by atoms with Crippen molar-refractivity contribution in [3.63, 3.8) is 0 Å². The first kappa shape index (κ1) is 18.6. The Morgan fingerprint density at radius 3 is 2.53 bits per heavy atom. The van der Waals surface area contributed by atoms with Crippen LogP contribution in [-0.2, 0) is 11.3 Å². The second-order valence-electron chi connectivity index (χ2n) is 7.55. The summed E-state index contributed by atoms with van der Waals surface area (Å²) in [6.07, 6.45) is -0.576. The molecule has 1 saturated heterocycles. The first-order valence-corrected chi connectivity index (χ1v) is 9.93. The van der Waals surface area contributed by atoms with Gasteiger partial charge in [-0.25, -0.2) is 4.79 Å². The third-order valence-corrected chi connectivity index (χ3v) is 5.95. The van der Waals surface area contributed by atoms with Crippen LogP contribution in [0.3, 0.4) is 0 Å². The van der Waals surface area contributed by atoms with E-state index in [1.807, 2.05) is 58.9 Å². The van der Waals surface area contributed by atoms with Crippen LogP contribution < -0.4 is 10.2 Å². The van der Waals surface area contributed by atoms with Crippen molar-refractivity contribution in [2.45, 2.75) is 25.7 Å². The average molecular weight is 423 g/mol. The summed E-state index contributed by atoms with van der Waals surface area (Å²) < 4.78 is 1.83. The standard InChI is InChI=1S/C21H19ClN6O2/c1-12-7-9-13(10-8-12)11-27-16-18(29)23-21(30)26(2)19(16)28-17(24-25-20(27)28)14-5-3-4-6-15(14)22/h3-10,16,19H,11H2,1-2H3,(H,23,29,30). The summed E-state index contributed by atoms with van der Waals surface area (Å²) in [5, 5.41) is 11.7. The number of rotatable bonds is 3. The van der Waals surface area contributed by atoms with Crippen molar-refractivity contribution >= 4 is 29.5 Å². The van der Waals surface area contributed by atoms with E-state index in [1.54, 1.807) is 13.1 Å². The number of nitrogens with one attached hydrogen (secondary N) is 1. The average Bonchev–Trinajstić information content (AvgIpc) is 3.28. The number of halogens is 1. The lowest BCUT2D eigenvalue weighted by Gasteiger charge is -2.37. The molecule has 152 valence electrons. The SMILES string of the molecule is Cc1ccc(CN2c3nnc(-c4ccccc4Cl)n3C3C2C(=O)NC(=O)N3C)cc1. The zero-order chi connectivity index (χ0) is 21.0. The molecule has 9 heteroatoms. The second-order valence-corrected chi connectivity index (χ2v) is 7.96. The maximum Gasteiger partial charge on any atom is 0.325 e. The number of carbonyl (C=O) groups excluding carboxylic acids is 2. The molecule has 30 heavy (non-hydrogen) atoms. The number of likely N-dealkylation sites (N-methyl/N-ethyl adjacent to an activating group) is 1. The van der Waals surface area contributed by atoms with Crippen molar-refractivity contribution in [2.75, 3.05) is 11.9 Å². The lowest BCUT2D eigenvalue weighted by atomic mass is 10.1. The first-order valence-electron chi connectivity index (χ1n) is 9.55. The van der Waals surface area contributed by atoms with Gasteiger partial charge in [-0.3, -0.25) is 14.7 Å². The maximum absolute atomic E-state index is 12.9. The van der Waals surface area contributed by atoms with Crippen LogP contribution in [0.4, 0.5) is 10.7 Å². The number of carbonyl (C=O) groups is 2. The summed E-state index contributed by atoms with van der Waals surface area (Å²) in [4.78, 5) is 28.7. The Kier molecular flexibility index (Phi) is 4.25. The highest BCUT2D eigenvalue weighted by Gasteiger charge is 2.52. The molecule has 0 spiro atoms. The van der Waals surface area contributed by atoms with E-state index >= 15 is 0 Å². The summed E-state index contributed by atoms with van der Waals surface area (Å²) in [7, 11) is 1.66. The van der Waals surface area contributed by atoms with E-state index in [0.717, 1.165) is 11.1 Å². The number of hydrogen-bond acceptors (Lipinski definition) is 5. The molecular formula is C21H19ClN6O2. The van der Waals surface area contributed by atoms with E-state index < -0.39 is 18.2 Å². The number of benzene rings is 2. The van der Waals surface area contributed by atoms with Gasteiger partial charge in [-0.2, -0.15) is 0 Å². The lowest BCUT2D eigenvalue weighted by molar-refractivity contribution is -0.124. The van der Waals surface area contributed by atoms with E-state index in [0.29, 0.717) is 28.9 Å². The summed E-state index contributed by atoms with van der Waals surface area (Å²) in [5.74, 6) is 0.689. The van der Waals surface area contributed by atoms with Crippen molar-refractivity contribution in [1.82, 2.24) is 25.0 Å². The van der Waals surface area contributed by atoms with E-state index in [-0.39, 0.29) is 5.91 Å². The number of amides is 3. The van der Waals surface area contributed by atoms with Crippen molar-refractivity contribution in [2.24, 2.45) is 0 Å². The number of imide groups is 1. The van der Waals surface area contributed by atoms with Gasteiger partial charge < -0.3 is 9.80 Å². The molecule has 3 amide bonds. The predicted octanol–water partition coefficient (Wildman–Crippen LogP) is 2.98. The molecule has 2 aliphatic heterocycles. The minimum absolute atomic E-state index is 0.356. The minimum atomic E-state index is -0.624. The molecule has 0 radical (unpaired) electrons. The van der Waals surface area contributed by atoms with Crippen LogP contribution in [0.2, 0.25) is 5.02 Å². The normalized spacial score (nSPS) is 20.2. The molecule has 1 aromatic heterocycles. The van der Waals surface area contributed by atoms with Gasteiger partial charge in [0.25, 0.3) is 5.91 Å². The third kappa shape index (κ3) is 2.75. The topological polar surface area (TPSA) is 83.4 Å². The van der Waals surface area contributed by atoms with Crippen LogP contribution in [0, 0.1) is 6.92 Å². The van der Waals surface area contributed by atoms with E-state index in [2.05, 4.69) is 15.5 Å². The number of aryl methyl sites for hydroxylation is 1. The molecule has 5 rings (SSSR count). The lowest BCUT2D eigenvalue weighted by Crippen LogP contribution is -2.61. The van der Waals surface area contributed by atoms with E-state index in [9.17, 15) is 9.59 Å². The highest BCUT2D eigenvalue weighted by atomic mass is 35.5. The van der Waals surface area contributed by atoms with Gasteiger partial charge in [0.05, 0.1) is 5.02 Å². The Labute approximate surface area is 178 Å². The molecule has 0 saturated carbocycles. The minimum Gasteiger partial charge on any atom is -0.321 e. The van der Waals surface area contributed by atoms with Gasteiger partial charge in [0.15, 0.2) is 11.9 Å². The zero-order valence-corrected chi connectivity index (χ0v) is 17.2. The smallest absolute Gasteiger partial charge is 0.321 e. The van der Waals surface area contributed by atoms with Crippen molar-refractivity contribution in [3.05, 3.63) is 64.7 Å². The Balaban J connectivity index is 1.65. The number of fused-ring (bicyclic) bond motifs is 3. The number of hydrogen-bond donors (Lipinski definition) is 1. The molecule has 2 unspecified atom stereocenters. The molecule has 8 nitrogen and oxygen atoms in total. The van der Waals surface area contributed by atoms with Gasteiger partial charge in [-0.15, -0.1) is 10.2 Å². The van der Waals surface area contributed by atoms with Crippen LogP contribution in [0.1, 0.15) is 17.3 Å². The van der Waals surface area contributed by atoms with Gasteiger partial charge in [0.1, 0.15) is 6.17 Å². The molecule has 1 fully saturated rings. The highest BCUT2D eigenvalue weighted by molar-refractivity contribution is 6.33. The monoisotopic (exact) mass is 422 g/mol. The number of aromatic nitrogens is 3. The maximum atomic E-state index is 12.9. The van der Waals surface area contributed by atoms with Crippen molar-refractivity contribution < 1.29 is 9.59 Å². The third-order valence-electron chi connectivity index (χ3n) is 5.62. The number of nitrogens with zero attached hydrogens (tertiary/aromatic N) is 5. The first-order chi connectivity index (χ1) is 14.5. The molecule has 2 atom stereocenters. The summed E-state index contributed by atoms with van der Waals surface area (Å²) >= 11 is 6.41. The predicted molar refractivity (Wildman–Crippen MR) is 112 cm³/mol. The summed E-state index contributed by atoms with van der Waals surface area (Å²) in [6.45, 7) is 2.48. The fraction of sp³-hybridized carbons (Fsp3) is 0.238. The zero-order valence-electron chi connectivity index (χ0n) is 16.4. The van der Waals surface area contributed by atoms with E-state index in [4.69, 9.17) is 11.6 Å². The fourth-order valence-electron chi connectivity index (χ4n) is 4.08. The molecule has 1 N–H and O–H groups in total. The Bertz CT molecular complexity index is 1160. The van der Waals surface area contributed by atoms with Gasteiger partial charge in [-0.05, 0) is 24.6 Å². The fourth-order valence-corrected chi connectivity index (χ4v) is 4.30. The number of urea groups is 1. The Hall–Kier alpha value is -3.39. The second kappa shape index (κ2) is 6.84. The van der Waals surface area contributed by atoms with Crippen LogP contribution in [-0.4, -0.2) is 44.7 Å². The van der Waals surface area contributed by atoms with Crippen LogP contribution in [0.25, 0.3) is 11.4 Å². The molecule has 3 heterocycles. The van der Waals surface area contributed by atoms with Gasteiger partial charge in [-0.1, -0.05) is 53.6 Å². The molecule has 0 bridgehead atoms. The van der Waals surface area contributed by atoms with Crippen molar-refractivity contribution in [3.8, 4) is 11.4 Å². The van der Waals surface area contributed by atoms with Crippen molar-refractivity contribution in [1.29, 1.82) is 0 Å². The molecule has 3 aromatic rings.